The Morgan fingerprint density at radius 3 is 2.89 bits per heavy atom. The van der Waals surface area contributed by atoms with Crippen LogP contribution in [0.3, 0.4) is 0 Å². The average molecular weight is 259 g/mol. The Bertz CT molecular complexity index is 643. The Hall–Kier alpha value is -2.04. The molecule has 1 aromatic heterocycles. The largest absolute Gasteiger partial charge is 0.481 e. The predicted molar refractivity (Wildman–Crippen MR) is 73.3 cm³/mol. The van der Waals surface area contributed by atoms with E-state index in [0.29, 0.717) is 6.54 Å². The molecule has 1 aliphatic rings. The van der Waals surface area contributed by atoms with Crippen molar-refractivity contribution in [3.8, 4) is 0 Å². The van der Waals surface area contributed by atoms with Crippen molar-refractivity contribution in [3.63, 3.8) is 0 Å². The molecule has 5 heteroatoms. The second-order valence-corrected chi connectivity index (χ2v) is 5.47. The van der Waals surface area contributed by atoms with Gasteiger partial charge in [0.25, 0.3) is 0 Å². The van der Waals surface area contributed by atoms with Gasteiger partial charge in [0, 0.05) is 26.3 Å². The van der Waals surface area contributed by atoms with Crippen LogP contribution in [0.15, 0.2) is 24.5 Å². The first-order valence-electron chi connectivity index (χ1n) is 6.37. The lowest BCUT2D eigenvalue weighted by atomic mass is 10.1. The van der Waals surface area contributed by atoms with Crippen molar-refractivity contribution in [1.82, 2.24) is 9.55 Å². The number of imidazole rings is 1. The highest BCUT2D eigenvalue weighted by Crippen LogP contribution is 2.46. The number of hydrogen-bond acceptors (Lipinski definition) is 3. The molecule has 0 spiro atoms. The lowest BCUT2D eigenvalue weighted by Gasteiger charge is -2.23. The average Bonchev–Trinajstić information content (AvgIpc) is 3.08. The maximum absolute atomic E-state index is 11.2. The standard InChI is InChI=1S/C14H17N3O2/c1-16(8-14(5-6-14)13(18)19)10-3-4-12-11(7-10)15-9-17(12)2/h3-4,7,9H,5-6,8H2,1-2H3,(H,18,19). The number of aliphatic carboxylic acids is 1. The number of anilines is 1. The van der Waals surface area contributed by atoms with E-state index < -0.39 is 11.4 Å². The fraction of sp³-hybridized carbons (Fsp3) is 0.429. The minimum atomic E-state index is -0.682. The van der Waals surface area contributed by atoms with Gasteiger partial charge in [-0.2, -0.15) is 0 Å². The minimum Gasteiger partial charge on any atom is -0.481 e. The van der Waals surface area contributed by atoms with E-state index in [1.54, 1.807) is 6.33 Å². The minimum absolute atomic E-state index is 0.534. The summed E-state index contributed by atoms with van der Waals surface area (Å²) in [7, 11) is 3.90. The van der Waals surface area contributed by atoms with Gasteiger partial charge in [-0.3, -0.25) is 4.79 Å². The first-order valence-corrected chi connectivity index (χ1v) is 6.37. The molecule has 1 aliphatic carbocycles. The fourth-order valence-corrected chi connectivity index (χ4v) is 2.50. The van der Waals surface area contributed by atoms with Crippen LogP contribution in [0.4, 0.5) is 5.69 Å². The molecule has 0 amide bonds. The Labute approximate surface area is 111 Å². The molecule has 0 saturated heterocycles. The molecule has 1 fully saturated rings. The van der Waals surface area contributed by atoms with Crippen molar-refractivity contribution in [2.45, 2.75) is 12.8 Å². The van der Waals surface area contributed by atoms with Crippen LogP contribution in [0.5, 0.6) is 0 Å². The highest BCUT2D eigenvalue weighted by atomic mass is 16.4. The molecule has 0 unspecified atom stereocenters. The van der Waals surface area contributed by atoms with E-state index in [1.165, 1.54) is 0 Å². The fourth-order valence-electron chi connectivity index (χ4n) is 2.50. The second kappa shape index (κ2) is 3.98. The van der Waals surface area contributed by atoms with E-state index >= 15 is 0 Å². The van der Waals surface area contributed by atoms with Crippen molar-refractivity contribution >= 4 is 22.7 Å². The SMILES string of the molecule is CN(CC1(C(=O)O)CC1)c1ccc2c(c1)ncn2C. The summed E-state index contributed by atoms with van der Waals surface area (Å²) in [4.78, 5) is 17.6. The van der Waals surface area contributed by atoms with E-state index in [-0.39, 0.29) is 0 Å². The molecule has 1 saturated carbocycles. The summed E-state index contributed by atoms with van der Waals surface area (Å²) in [5, 5.41) is 9.23. The number of aromatic nitrogens is 2. The molecule has 0 aliphatic heterocycles. The van der Waals surface area contributed by atoms with Crippen LogP contribution in [-0.4, -0.2) is 34.2 Å². The number of hydrogen-bond donors (Lipinski definition) is 1. The lowest BCUT2D eigenvalue weighted by Crippen LogP contribution is -2.31. The third-order valence-corrected chi connectivity index (χ3v) is 4.00. The molecule has 3 rings (SSSR count). The second-order valence-electron chi connectivity index (χ2n) is 5.47. The number of benzene rings is 1. The van der Waals surface area contributed by atoms with Gasteiger partial charge < -0.3 is 14.6 Å². The number of carboxylic acids is 1. The third-order valence-electron chi connectivity index (χ3n) is 4.00. The Morgan fingerprint density at radius 1 is 1.53 bits per heavy atom. The molecule has 1 N–H and O–H groups in total. The maximum atomic E-state index is 11.2. The van der Waals surface area contributed by atoms with Gasteiger partial charge >= 0.3 is 5.97 Å². The zero-order chi connectivity index (χ0) is 13.6. The summed E-state index contributed by atoms with van der Waals surface area (Å²) >= 11 is 0. The predicted octanol–water partition coefficient (Wildman–Crippen LogP) is 1.87. The highest BCUT2D eigenvalue weighted by molar-refractivity contribution is 5.81. The molecule has 5 nitrogen and oxygen atoms in total. The van der Waals surface area contributed by atoms with E-state index in [4.69, 9.17) is 0 Å². The van der Waals surface area contributed by atoms with Crippen LogP contribution in [0, 0.1) is 5.41 Å². The molecule has 1 heterocycles. The molecule has 1 aromatic carbocycles. The summed E-state index contributed by atoms with van der Waals surface area (Å²) < 4.78 is 1.97. The topological polar surface area (TPSA) is 58.4 Å². The van der Waals surface area contributed by atoms with E-state index in [9.17, 15) is 9.90 Å². The monoisotopic (exact) mass is 259 g/mol. The number of carboxylic acid groups (broad SMARTS) is 1. The summed E-state index contributed by atoms with van der Waals surface area (Å²) in [6.45, 7) is 0.556. The smallest absolute Gasteiger partial charge is 0.311 e. The highest BCUT2D eigenvalue weighted by Gasteiger charge is 2.50. The Balaban J connectivity index is 1.85. The molecular formula is C14H17N3O2. The van der Waals surface area contributed by atoms with Crippen LogP contribution in [0.2, 0.25) is 0 Å². The number of aryl methyl sites for hydroxylation is 1. The number of carbonyl (C=O) groups is 1. The maximum Gasteiger partial charge on any atom is 0.311 e. The summed E-state index contributed by atoms with van der Waals surface area (Å²) in [6.07, 6.45) is 3.34. The van der Waals surface area contributed by atoms with Gasteiger partial charge in [0.15, 0.2) is 0 Å². The molecule has 2 aromatic rings. The quantitative estimate of drug-likeness (QED) is 0.910. The van der Waals surface area contributed by atoms with Crippen molar-refractivity contribution in [2.24, 2.45) is 12.5 Å². The van der Waals surface area contributed by atoms with Crippen LogP contribution in [0.1, 0.15) is 12.8 Å². The van der Waals surface area contributed by atoms with Crippen LogP contribution < -0.4 is 4.90 Å². The first kappa shape index (κ1) is 12.0. The van der Waals surface area contributed by atoms with E-state index in [0.717, 1.165) is 29.6 Å². The van der Waals surface area contributed by atoms with Gasteiger partial charge in [-0.15, -0.1) is 0 Å². The van der Waals surface area contributed by atoms with Crippen LogP contribution >= 0.6 is 0 Å². The summed E-state index contributed by atoms with van der Waals surface area (Å²) in [6, 6.07) is 6.05. The van der Waals surface area contributed by atoms with Gasteiger partial charge in [0.1, 0.15) is 0 Å². The van der Waals surface area contributed by atoms with Gasteiger partial charge in [-0.25, -0.2) is 4.98 Å². The number of nitrogens with zero attached hydrogens (tertiary/aromatic N) is 3. The zero-order valence-corrected chi connectivity index (χ0v) is 11.1. The molecule has 0 radical (unpaired) electrons. The van der Waals surface area contributed by atoms with Crippen molar-refractivity contribution < 1.29 is 9.90 Å². The Kier molecular flexibility index (Phi) is 2.52. The molecular weight excluding hydrogens is 242 g/mol. The molecule has 100 valence electrons. The van der Waals surface area contributed by atoms with E-state index in [1.807, 2.05) is 41.8 Å². The van der Waals surface area contributed by atoms with Gasteiger partial charge in [0.2, 0.25) is 0 Å². The van der Waals surface area contributed by atoms with Gasteiger partial charge in [0.05, 0.1) is 22.8 Å². The van der Waals surface area contributed by atoms with Crippen molar-refractivity contribution in [3.05, 3.63) is 24.5 Å². The van der Waals surface area contributed by atoms with Crippen LogP contribution in [-0.2, 0) is 11.8 Å². The first-order chi connectivity index (χ1) is 9.02. The molecule has 0 bridgehead atoms. The summed E-state index contributed by atoms with van der Waals surface area (Å²) in [5.74, 6) is -0.682. The Morgan fingerprint density at radius 2 is 2.26 bits per heavy atom. The number of fused-ring (bicyclic) bond motifs is 1. The van der Waals surface area contributed by atoms with Gasteiger partial charge in [-0.05, 0) is 31.0 Å². The number of rotatable bonds is 4. The molecule has 19 heavy (non-hydrogen) atoms. The van der Waals surface area contributed by atoms with Crippen LogP contribution in [0.25, 0.3) is 11.0 Å². The normalized spacial score (nSPS) is 16.5. The zero-order valence-electron chi connectivity index (χ0n) is 11.1. The van der Waals surface area contributed by atoms with Gasteiger partial charge in [-0.1, -0.05) is 0 Å². The van der Waals surface area contributed by atoms with Crippen molar-refractivity contribution in [1.29, 1.82) is 0 Å². The lowest BCUT2D eigenvalue weighted by molar-refractivity contribution is -0.142. The molecule has 0 atom stereocenters. The van der Waals surface area contributed by atoms with E-state index in [2.05, 4.69) is 4.98 Å². The third kappa shape index (κ3) is 1.95. The van der Waals surface area contributed by atoms with Crippen molar-refractivity contribution in [2.75, 3.05) is 18.5 Å². The summed E-state index contributed by atoms with van der Waals surface area (Å²) in [5.41, 5.74) is 2.50.